The molecule has 2 aliphatic rings. The number of urea groups is 1. The highest BCUT2D eigenvalue weighted by molar-refractivity contribution is 6.06. The van der Waals surface area contributed by atoms with Crippen LogP contribution in [0.4, 0.5) is 4.79 Å². The van der Waals surface area contributed by atoms with Crippen molar-refractivity contribution in [1.29, 1.82) is 0 Å². The van der Waals surface area contributed by atoms with E-state index in [2.05, 4.69) is 22.5 Å². The average Bonchev–Trinajstić information content (AvgIpc) is 2.96. The molecule has 0 aromatic heterocycles. The highest BCUT2D eigenvalue weighted by Crippen LogP contribution is 2.16. The minimum absolute atomic E-state index is 0.122. The minimum Gasteiger partial charge on any atom is -0.324 e. The Balaban J connectivity index is 1.86. The zero-order valence-corrected chi connectivity index (χ0v) is 13.4. The molecular formula is C15H28N4O2. The van der Waals surface area contributed by atoms with Gasteiger partial charge >= 0.3 is 6.03 Å². The molecule has 0 aliphatic carbocycles. The van der Waals surface area contributed by atoms with Crippen molar-refractivity contribution in [2.45, 2.75) is 51.6 Å². The third-order valence-electron chi connectivity index (χ3n) is 4.27. The first kappa shape index (κ1) is 16.2. The molecule has 0 spiro atoms. The van der Waals surface area contributed by atoms with Crippen molar-refractivity contribution in [3.63, 3.8) is 0 Å². The van der Waals surface area contributed by atoms with Crippen molar-refractivity contribution in [3.8, 4) is 0 Å². The quantitative estimate of drug-likeness (QED) is 0.682. The van der Waals surface area contributed by atoms with Crippen molar-refractivity contribution in [1.82, 2.24) is 20.4 Å². The van der Waals surface area contributed by atoms with Crippen LogP contribution < -0.4 is 10.6 Å². The molecule has 1 unspecified atom stereocenters. The number of hydrogen-bond acceptors (Lipinski definition) is 4. The van der Waals surface area contributed by atoms with Crippen LogP contribution in [0.2, 0.25) is 0 Å². The Kier molecular flexibility index (Phi) is 5.22. The van der Waals surface area contributed by atoms with Gasteiger partial charge in [0.2, 0.25) is 0 Å². The maximum Gasteiger partial charge on any atom is 0.325 e. The molecule has 0 aromatic rings. The second-order valence-electron chi connectivity index (χ2n) is 6.61. The number of carbonyl (C=O) groups is 2. The number of amides is 3. The average molecular weight is 296 g/mol. The summed E-state index contributed by atoms with van der Waals surface area (Å²) in [5, 5.41) is 6.23. The van der Waals surface area contributed by atoms with Gasteiger partial charge in [-0.3, -0.25) is 9.69 Å². The van der Waals surface area contributed by atoms with E-state index in [1.807, 2.05) is 0 Å². The summed E-state index contributed by atoms with van der Waals surface area (Å²) in [5.74, 6) is -0.122. The fourth-order valence-electron chi connectivity index (χ4n) is 3.10. The largest absolute Gasteiger partial charge is 0.325 e. The van der Waals surface area contributed by atoms with Gasteiger partial charge in [-0.05, 0) is 46.2 Å². The number of nitrogens with one attached hydrogen (secondary N) is 2. The molecule has 0 bridgehead atoms. The van der Waals surface area contributed by atoms with Crippen LogP contribution in [0, 0.1) is 0 Å². The first-order valence-corrected chi connectivity index (χ1v) is 8.04. The molecule has 2 rings (SSSR count). The van der Waals surface area contributed by atoms with E-state index in [0.717, 1.165) is 32.6 Å². The summed E-state index contributed by atoms with van der Waals surface area (Å²) in [6.45, 7) is 9.99. The van der Waals surface area contributed by atoms with Gasteiger partial charge in [0.25, 0.3) is 5.91 Å². The second kappa shape index (κ2) is 6.75. The van der Waals surface area contributed by atoms with E-state index in [0.29, 0.717) is 12.6 Å². The third kappa shape index (κ3) is 3.95. The maximum absolute atomic E-state index is 12.2. The van der Waals surface area contributed by atoms with Crippen molar-refractivity contribution in [3.05, 3.63) is 0 Å². The van der Waals surface area contributed by atoms with Gasteiger partial charge in [-0.15, -0.1) is 0 Å². The third-order valence-corrected chi connectivity index (χ3v) is 4.27. The van der Waals surface area contributed by atoms with E-state index < -0.39 is 5.54 Å². The van der Waals surface area contributed by atoms with Gasteiger partial charge < -0.3 is 15.5 Å². The van der Waals surface area contributed by atoms with Crippen LogP contribution in [-0.4, -0.2) is 66.0 Å². The van der Waals surface area contributed by atoms with E-state index in [4.69, 9.17) is 0 Å². The van der Waals surface area contributed by atoms with E-state index in [9.17, 15) is 9.59 Å². The lowest BCUT2D eigenvalue weighted by Gasteiger charge is -2.27. The van der Waals surface area contributed by atoms with Crippen LogP contribution in [0.15, 0.2) is 0 Å². The number of carbonyl (C=O) groups excluding carboxylic acids is 2. The van der Waals surface area contributed by atoms with Crippen molar-refractivity contribution in [2.75, 3.05) is 32.7 Å². The molecule has 120 valence electrons. The summed E-state index contributed by atoms with van der Waals surface area (Å²) in [4.78, 5) is 27.8. The van der Waals surface area contributed by atoms with Gasteiger partial charge in [0, 0.05) is 25.7 Å². The van der Waals surface area contributed by atoms with Gasteiger partial charge in [0.05, 0.1) is 0 Å². The highest BCUT2D eigenvalue weighted by atomic mass is 16.2. The van der Waals surface area contributed by atoms with Crippen molar-refractivity contribution >= 4 is 11.9 Å². The van der Waals surface area contributed by atoms with Crippen LogP contribution in [0.5, 0.6) is 0 Å². The lowest BCUT2D eigenvalue weighted by Crippen LogP contribution is -2.44. The van der Waals surface area contributed by atoms with Crippen LogP contribution in [0.3, 0.4) is 0 Å². The molecule has 21 heavy (non-hydrogen) atoms. The lowest BCUT2D eigenvalue weighted by atomic mass is 10.1. The molecule has 2 aliphatic heterocycles. The molecule has 2 heterocycles. The molecule has 2 fully saturated rings. The Labute approximate surface area is 127 Å². The lowest BCUT2D eigenvalue weighted by molar-refractivity contribution is -0.130. The zero-order chi connectivity index (χ0) is 15.5. The number of nitrogens with zero attached hydrogens (tertiary/aromatic N) is 2. The molecule has 6 nitrogen and oxygen atoms in total. The highest BCUT2D eigenvalue weighted by Gasteiger charge is 2.43. The Morgan fingerprint density at radius 2 is 2.10 bits per heavy atom. The van der Waals surface area contributed by atoms with Gasteiger partial charge in [-0.25, -0.2) is 4.79 Å². The van der Waals surface area contributed by atoms with E-state index in [-0.39, 0.29) is 11.9 Å². The zero-order valence-electron chi connectivity index (χ0n) is 13.4. The maximum atomic E-state index is 12.2. The first-order valence-electron chi connectivity index (χ1n) is 8.04. The van der Waals surface area contributed by atoms with Crippen molar-refractivity contribution < 1.29 is 9.59 Å². The fourth-order valence-corrected chi connectivity index (χ4v) is 3.10. The molecule has 3 amide bonds. The molecule has 1 atom stereocenters. The number of imide groups is 1. The predicted molar refractivity (Wildman–Crippen MR) is 82.1 cm³/mol. The smallest absolute Gasteiger partial charge is 0.324 e. The minimum atomic E-state index is -0.764. The Morgan fingerprint density at radius 3 is 2.62 bits per heavy atom. The topological polar surface area (TPSA) is 64.7 Å². The molecular weight excluding hydrogens is 268 g/mol. The molecule has 2 N–H and O–H groups in total. The normalized spacial score (nSPS) is 25.0. The Morgan fingerprint density at radius 1 is 1.33 bits per heavy atom. The summed E-state index contributed by atoms with van der Waals surface area (Å²) in [6, 6.07) is 0.288. The fraction of sp³-hybridized carbons (Fsp3) is 0.867. The van der Waals surface area contributed by atoms with Gasteiger partial charge in [0.1, 0.15) is 5.54 Å². The molecule has 2 saturated heterocycles. The summed E-state index contributed by atoms with van der Waals surface area (Å²) in [7, 11) is 0. The van der Waals surface area contributed by atoms with Crippen LogP contribution >= 0.6 is 0 Å². The molecule has 0 aromatic carbocycles. The monoisotopic (exact) mass is 296 g/mol. The van der Waals surface area contributed by atoms with Crippen LogP contribution in [-0.2, 0) is 4.79 Å². The predicted octanol–water partition coefficient (Wildman–Crippen LogP) is 0.781. The number of hydrogen-bond donors (Lipinski definition) is 2. The summed E-state index contributed by atoms with van der Waals surface area (Å²) >= 11 is 0. The van der Waals surface area contributed by atoms with E-state index >= 15 is 0 Å². The SMILES string of the molecule is CCCN(CCN1C(=O)NC(C)(C)C1=O)CC1CCCN1. The molecule has 0 radical (unpaired) electrons. The number of rotatable bonds is 7. The summed E-state index contributed by atoms with van der Waals surface area (Å²) in [5.41, 5.74) is -0.764. The Bertz CT molecular complexity index is 391. The Hall–Kier alpha value is -1.14. The van der Waals surface area contributed by atoms with Crippen molar-refractivity contribution in [2.24, 2.45) is 0 Å². The van der Waals surface area contributed by atoms with E-state index in [1.165, 1.54) is 17.7 Å². The molecule has 6 heteroatoms. The summed E-state index contributed by atoms with van der Waals surface area (Å²) < 4.78 is 0. The van der Waals surface area contributed by atoms with Crippen LogP contribution in [0.1, 0.15) is 40.0 Å². The van der Waals surface area contributed by atoms with Crippen LogP contribution in [0.25, 0.3) is 0 Å². The van der Waals surface area contributed by atoms with Gasteiger partial charge in [-0.2, -0.15) is 0 Å². The summed E-state index contributed by atoms with van der Waals surface area (Å²) in [6.07, 6.45) is 3.54. The van der Waals surface area contributed by atoms with Gasteiger partial charge in [-0.1, -0.05) is 6.92 Å². The molecule has 0 saturated carbocycles. The standard InChI is InChI=1S/C15H28N4O2/c1-4-8-18(11-12-6-5-7-16-12)9-10-19-13(20)15(2,3)17-14(19)21/h12,16H,4-11H2,1-3H3,(H,17,21). The second-order valence-corrected chi connectivity index (χ2v) is 6.61. The van der Waals surface area contributed by atoms with E-state index in [1.54, 1.807) is 13.8 Å². The first-order chi connectivity index (χ1) is 9.94. The van der Waals surface area contributed by atoms with Gasteiger partial charge in [0.15, 0.2) is 0 Å².